The molecule has 3 rings (SSSR count). The molecule has 3 nitrogen and oxygen atoms in total. The van der Waals surface area contributed by atoms with Gasteiger partial charge in [-0.15, -0.1) is 0 Å². The predicted octanol–water partition coefficient (Wildman–Crippen LogP) is 9.56. The van der Waals surface area contributed by atoms with Gasteiger partial charge in [-0.2, -0.15) is 0 Å². The molecular weight excluding hydrogens is 450 g/mol. The van der Waals surface area contributed by atoms with Crippen molar-refractivity contribution in [3.8, 4) is 0 Å². The number of likely N-dealkylation sites (tertiary alicyclic amines) is 3. The molecule has 0 saturated carbocycles. The molecule has 0 aliphatic carbocycles. The van der Waals surface area contributed by atoms with Gasteiger partial charge in [-0.3, -0.25) is 4.90 Å². The molecule has 0 bridgehead atoms. The largest absolute Gasteiger partial charge is 0.301 e. The van der Waals surface area contributed by atoms with Crippen molar-refractivity contribution < 1.29 is 0 Å². The smallest absolute Gasteiger partial charge is 0.0121 e. The van der Waals surface area contributed by atoms with E-state index in [-0.39, 0.29) is 22.3 Å². The Bertz CT molecular complexity index is 459. The fourth-order valence-corrected chi connectivity index (χ4v) is 6.10. The average molecular weight is 528 g/mol. The molecule has 2 unspecified atom stereocenters. The second kappa shape index (κ2) is 20.7. The first-order valence-electron chi connectivity index (χ1n) is 15.1. The molecule has 0 radical (unpaired) electrons. The van der Waals surface area contributed by atoms with Gasteiger partial charge >= 0.3 is 0 Å². The Morgan fingerprint density at radius 3 is 1.19 bits per heavy atom. The van der Waals surface area contributed by atoms with Crippen LogP contribution in [0.1, 0.15) is 137 Å². The Balaban J connectivity index is -0.000000451. The first kappa shape index (κ1) is 41.4. The van der Waals surface area contributed by atoms with E-state index in [1.165, 1.54) is 64.8 Å². The second-order valence-electron chi connectivity index (χ2n) is 13.4. The van der Waals surface area contributed by atoms with E-state index in [1.807, 2.05) is 0 Å². The molecule has 0 spiro atoms. The first-order chi connectivity index (χ1) is 15.8. The summed E-state index contributed by atoms with van der Waals surface area (Å²) in [5.41, 5.74) is 0. The van der Waals surface area contributed by atoms with Crippen molar-refractivity contribution in [2.24, 2.45) is 29.6 Å². The number of hydrogen-bond acceptors (Lipinski definition) is 3. The minimum Gasteiger partial charge on any atom is -0.301 e. The van der Waals surface area contributed by atoms with Crippen molar-refractivity contribution in [2.75, 3.05) is 32.7 Å². The van der Waals surface area contributed by atoms with Crippen LogP contribution in [0.4, 0.5) is 0 Å². The van der Waals surface area contributed by atoms with Gasteiger partial charge in [0.1, 0.15) is 0 Å². The minimum absolute atomic E-state index is 0. The van der Waals surface area contributed by atoms with E-state index in [9.17, 15) is 0 Å². The highest BCUT2D eigenvalue weighted by atomic mass is 15.2. The highest BCUT2D eigenvalue weighted by Gasteiger charge is 2.28. The summed E-state index contributed by atoms with van der Waals surface area (Å²) in [6, 6.07) is 3.09. The zero-order valence-corrected chi connectivity index (χ0v) is 25.6. The third-order valence-corrected chi connectivity index (χ3v) is 8.95. The summed E-state index contributed by atoms with van der Waals surface area (Å²) in [6.07, 6.45) is 7.05. The Morgan fingerprint density at radius 1 is 0.459 bits per heavy atom. The van der Waals surface area contributed by atoms with Gasteiger partial charge in [0, 0.05) is 30.7 Å². The van der Waals surface area contributed by atoms with Gasteiger partial charge in [-0.1, -0.05) is 63.8 Å². The van der Waals surface area contributed by atoms with E-state index in [2.05, 4.69) is 97.8 Å². The fourth-order valence-electron chi connectivity index (χ4n) is 6.10. The summed E-state index contributed by atoms with van der Waals surface area (Å²) in [5, 5.41) is 0. The number of rotatable bonds is 6. The van der Waals surface area contributed by atoms with Crippen LogP contribution in [0.2, 0.25) is 0 Å². The molecule has 3 fully saturated rings. The predicted molar refractivity (Wildman–Crippen MR) is 174 cm³/mol. The molecule has 0 aromatic heterocycles. The SMILES string of the molecule is C.C.C.CC(C)C1CCCN1C(C)C.CC(C)C1CCN(C(C)C)C1.CC(C)C1CCN(C(C)C)CC1. The molecule has 0 N–H and O–H groups in total. The summed E-state index contributed by atoms with van der Waals surface area (Å²) >= 11 is 0. The lowest BCUT2D eigenvalue weighted by molar-refractivity contribution is 0.129. The standard InChI is InChI=1S/C11H23N.2C10H21N.3CH4/c1-9(2)11-5-7-12(8-6-11)10(3)4;1-8(2)10-5-6-11(7-10)9(3)4;1-8(2)10-6-5-7-11(10)9(3)4;;;/h9-11H,5-8H2,1-4H3;2*8-10H,5-7H2,1-4H3;3*1H4. The summed E-state index contributed by atoms with van der Waals surface area (Å²) in [7, 11) is 0. The molecule has 3 heterocycles. The van der Waals surface area contributed by atoms with E-state index in [1.54, 1.807) is 0 Å². The number of nitrogens with zero attached hydrogens (tertiary/aromatic N) is 3. The van der Waals surface area contributed by atoms with E-state index in [0.717, 1.165) is 53.8 Å². The van der Waals surface area contributed by atoms with Crippen molar-refractivity contribution in [1.82, 2.24) is 14.7 Å². The molecule has 228 valence electrons. The Morgan fingerprint density at radius 2 is 0.892 bits per heavy atom. The van der Waals surface area contributed by atoms with Crippen LogP contribution in [0.25, 0.3) is 0 Å². The van der Waals surface area contributed by atoms with Gasteiger partial charge in [-0.25, -0.2) is 0 Å². The van der Waals surface area contributed by atoms with Crippen molar-refractivity contribution in [2.45, 2.75) is 162 Å². The summed E-state index contributed by atoms with van der Waals surface area (Å²) in [6.45, 7) is 34.5. The van der Waals surface area contributed by atoms with Gasteiger partial charge in [0.2, 0.25) is 0 Å². The summed E-state index contributed by atoms with van der Waals surface area (Å²) in [5.74, 6) is 4.54. The van der Waals surface area contributed by atoms with Crippen molar-refractivity contribution in [3.05, 3.63) is 0 Å². The molecule has 0 amide bonds. The van der Waals surface area contributed by atoms with Gasteiger partial charge in [0.15, 0.2) is 0 Å². The van der Waals surface area contributed by atoms with Crippen LogP contribution < -0.4 is 0 Å². The minimum atomic E-state index is 0. The quantitative estimate of drug-likeness (QED) is 0.340. The molecule has 37 heavy (non-hydrogen) atoms. The zero-order chi connectivity index (χ0) is 26.0. The molecule has 2 atom stereocenters. The zero-order valence-electron chi connectivity index (χ0n) is 25.6. The van der Waals surface area contributed by atoms with Crippen LogP contribution in [0.5, 0.6) is 0 Å². The van der Waals surface area contributed by atoms with Gasteiger partial charge in [0.05, 0.1) is 0 Å². The summed E-state index contributed by atoms with van der Waals surface area (Å²) < 4.78 is 0. The van der Waals surface area contributed by atoms with Crippen LogP contribution in [0.15, 0.2) is 0 Å². The Hall–Kier alpha value is -0.120. The summed E-state index contributed by atoms with van der Waals surface area (Å²) in [4.78, 5) is 7.83. The van der Waals surface area contributed by atoms with E-state index in [0.29, 0.717) is 0 Å². The lowest BCUT2D eigenvalue weighted by Gasteiger charge is -2.36. The van der Waals surface area contributed by atoms with E-state index >= 15 is 0 Å². The van der Waals surface area contributed by atoms with Crippen molar-refractivity contribution in [3.63, 3.8) is 0 Å². The van der Waals surface area contributed by atoms with E-state index in [4.69, 9.17) is 0 Å². The molecule has 0 aromatic carbocycles. The van der Waals surface area contributed by atoms with Crippen molar-refractivity contribution >= 4 is 0 Å². The van der Waals surface area contributed by atoms with Crippen LogP contribution in [-0.4, -0.2) is 71.6 Å². The lowest BCUT2D eigenvalue weighted by atomic mass is 9.86. The lowest BCUT2D eigenvalue weighted by Crippen LogP contribution is -2.39. The molecule has 3 aliphatic heterocycles. The Labute approximate surface area is 238 Å². The van der Waals surface area contributed by atoms with Crippen LogP contribution in [0, 0.1) is 29.6 Å². The first-order valence-corrected chi connectivity index (χ1v) is 15.1. The number of hydrogen-bond donors (Lipinski definition) is 0. The van der Waals surface area contributed by atoms with Crippen molar-refractivity contribution in [1.29, 1.82) is 0 Å². The van der Waals surface area contributed by atoms with Crippen LogP contribution in [0.3, 0.4) is 0 Å². The monoisotopic (exact) mass is 528 g/mol. The fraction of sp³-hybridized carbons (Fsp3) is 1.00. The van der Waals surface area contributed by atoms with E-state index < -0.39 is 0 Å². The number of piperidine rings is 1. The third kappa shape index (κ3) is 14.7. The molecule has 3 saturated heterocycles. The molecule has 0 aromatic rings. The molecular formula is C34H77N3. The molecule has 3 aliphatic rings. The van der Waals surface area contributed by atoms with Gasteiger partial charge < -0.3 is 9.80 Å². The highest BCUT2D eigenvalue weighted by molar-refractivity contribution is 4.83. The highest BCUT2D eigenvalue weighted by Crippen LogP contribution is 2.26. The van der Waals surface area contributed by atoms with Crippen LogP contribution in [-0.2, 0) is 0 Å². The Kier molecular flexibility index (Phi) is 23.2. The topological polar surface area (TPSA) is 9.72 Å². The maximum Gasteiger partial charge on any atom is 0.0121 e. The molecule has 3 heteroatoms. The van der Waals surface area contributed by atoms with Crippen LogP contribution >= 0.6 is 0 Å². The maximum atomic E-state index is 2.64. The van der Waals surface area contributed by atoms with Gasteiger partial charge in [0.25, 0.3) is 0 Å². The second-order valence-corrected chi connectivity index (χ2v) is 13.4. The maximum absolute atomic E-state index is 2.64. The normalized spacial score (nSPS) is 23.5. The average Bonchev–Trinajstić information content (AvgIpc) is 3.45. The third-order valence-electron chi connectivity index (χ3n) is 8.95. The van der Waals surface area contributed by atoms with Gasteiger partial charge in [-0.05, 0) is 129 Å².